The molecule has 1 unspecified atom stereocenters. The standard InChI is InChI=1S/C19H32N2O6/c1-6-19(25)10-9-13(20-17(24)27-18(2,3)4)15(22)21-12(11-19)7-8-14(21)16(23)26-5/h12-14,25H,6-11H2,1-5H3,(H,20,24)/t12-,13+,14+,19?/m1/s1. The summed E-state index contributed by atoms with van der Waals surface area (Å²) in [5.74, 6) is -0.792. The van der Waals surface area contributed by atoms with Crippen molar-refractivity contribution in [2.45, 2.75) is 95.5 Å². The van der Waals surface area contributed by atoms with Crippen molar-refractivity contribution in [1.82, 2.24) is 10.2 Å². The van der Waals surface area contributed by atoms with Gasteiger partial charge in [0.2, 0.25) is 5.91 Å². The Morgan fingerprint density at radius 2 is 1.96 bits per heavy atom. The van der Waals surface area contributed by atoms with E-state index in [4.69, 9.17) is 9.47 Å². The lowest BCUT2D eigenvalue weighted by atomic mass is 9.83. The molecule has 2 amide bonds. The monoisotopic (exact) mass is 384 g/mol. The van der Waals surface area contributed by atoms with Gasteiger partial charge < -0.3 is 24.8 Å². The summed E-state index contributed by atoms with van der Waals surface area (Å²) in [6.07, 6.45) is 2.04. The minimum atomic E-state index is -0.942. The maximum atomic E-state index is 13.2. The van der Waals surface area contributed by atoms with Gasteiger partial charge in [-0.15, -0.1) is 0 Å². The van der Waals surface area contributed by atoms with E-state index in [0.717, 1.165) is 0 Å². The highest BCUT2D eigenvalue weighted by Gasteiger charge is 2.48. The summed E-state index contributed by atoms with van der Waals surface area (Å²) in [4.78, 5) is 39.1. The fourth-order valence-electron chi connectivity index (χ4n) is 3.95. The molecular weight excluding hydrogens is 352 g/mol. The molecule has 4 atom stereocenters. The van der Waals surface area contributed by atoms with Crippen molar-refractivity contribution in [3.05, 3.63) is 0 Å². The Bertz CT molecular complexity index is 587. The zero-order chi connectivity index (χ0) is 20.4. The van der Waals surface area contributed by atoms with E-state index in [-0.39, 0.29) is 18.4 Å². The number of carbonyl (C=O) groups is 3. The first-order valence-corrected chi connectivity index (χ1v) is 9.61. The van der Waals surface area contributed by atoms with Crippen LogP contribution < -0.4 is 5.32 Å². The first kappa shape index (κ1) is 21.5. The Balaban J connectivity index is 2.27. The molecule has 154 valence electrons. The second-order valence-corrected chi connectivity index (χ2v) is 8.54. The lowest BCUT2D eigenvalue weighted by molar-refractivity contribution is -0.155. The first-order chi connectivity index (χ1) is 12.5. The van der Waals surface area contributed by atoms with Crippen molar-refractivity contribution in [2.75, 3.05) is 7.11 Å². The molecule has 0 aromatic heterocycles. The summed E-state index contributed by atoms with van der Waals surface area (Å²) >= 11 is 0. The second kappa shape index (κ2) is 8.04. The SMILES string of the molecule is CCC1(O)CC[C@H](NC(=O)OC(C)(C)C)C(=O)N2[C@H](CC[C@H]2C(=O)OC)C1. The molecule has 2 heterocycles. The van der Waals surface area contributed by atoms with Gasteiger partial charge in [0.25, 0.3) is 0 Å². The molecule has 0 bridgehead atoms. The molecule has 2 N–H and O–H groups in total. The van der Waals surface area contributed by atoms with E-state index in [1.807, 2.05) is 6.92 Å². The number of hydrogen-bond donors (Lipinski definition) is 2. The van der Waals surface area contributed by atoms with Crippen LogP contribution in [-0.4, -0.2) is 64.4 Å². The Kier molecular flexibility index (Phi) is 6.39. The van der Waals surface area contributed by atoms with Gasteiger partial charge in [-0.25, -0.2) is 9.59 Å². The molecule has 27 heavy (non-hydrogen) atoms. The van der Waals surface area contributed by atoms with Gasteiger partial charge in [0, 0.05) is 6.04 Å². The minimum absolute atomic E-state index is 0.255. The number of amides is 2. The smallest absolute Gasteiger partial charge is 0.408 e. The summed E-state index contributed by atoms with van der Waals surface area (Å²) < 4.78 is 10.1. The lowest BCUT2D eigenvalue weighted by Gasteiger charge is -2.40. The van der Waals surface area contributed by atoms with E-state index in [1.54, 1.807) is 20.8 Å². The van der Waals surface area contributed by atoms with Gasteiger partial charge in [0.05, 0.1) is 12.7 Å². The number of fused-ring (bicyclic) bond motifs is 1. The Morgan fingerprint density at radius 1 is 1.30 bits per heavy atom. The van der Waals surface area contributed by atoms with Gasteiger partial charge >= 0.3 is 12.1 Å². The quantitative estimate of drug-likeness (QED) is 0.718. The predicted octanol–water partition coefficient (Wildman–Crippen LogP) is 1.74. The van der Waals surface area contributed by atoms with Crippen LogP contribution in [0.5, 0.6) is 0 Å². The van der Waals surface area contributed by atoms with E-state index < -0.39 is 35.3 Å². The number of carbonyl (C=O) groups excluding carboxylic acids is 3. The Morgan fingerprint density at radius 3 is 2.52 bits per heavy atom. The molecule has 2 aliphatic rings. The molecule has 8 nitrogen and oxygen atoms in total. The van der Waals surface area contributed by atoms with Crippen LogP contribution in [0.4, 0.5) is 4.79 Å². The number of rotatable bonds is 3. The van der Waals surface area contributed by atoms with Crippen LogP contribution in [-0.2, 0) is 19.1 Å². The number of aliphatic hydroxyl groups is 1. The number of hydrogen-bond acceptors (Lipinski definition) is 6. The molecular formula is C19H32N2O6. The molecule has 0 aromatic rings. The Labute approximate surface area is 160 Å². The summed E-state index contributed by atoms with van der Waals surface area (Å²) in [6.45, 7) is 7.13. The average Bonchev–Trinajstić information content (AvgIpc) is 2.97. The third-order valence-corrected chi connectivity index (χ3v) is 5.39. The van der Waals surface area contributed by atoms with Crippen LogP contribution in [0.15, 0.2) is 0 Å². The van der Waals surface area contributed by atoms with E-state index in [1.165, 1.54) is 12.0 Å². The fourth-order valence-corrected chi connectivity index (χ4v) is 3.95. The number of nitrogens with zero attached hydrogens (tertiary/aromatic N) is 1. The minimum Gasteiger partial charge on any atom is -0.467 e. The highest BCUT2D eigenvalue weighted by molar-refractivity contribution is 5.90. The molecule has 2 aliphatic heterocycles. The first-order valence-electron chi connectivity index (χ1n) is 9.61. The molecule has 0 saturated carbocycles. The summed E-state index contributed by atoms with van der Waals surface area (Å²) in [5.41, 5.74) is -1.63. The van der Waals surface area contributed by atoms with Crippen LogP contribution in [0, 0.1) is 0 Å². The van der Waals surface area contributed by atoms with Crippen molar-refractivity contribution in [3.63, 3.8) is 0 Å². The van der Waals surface area contributed by atoms with Crippen LogP contribution in [0.3, 0.4) is 0 Å². The summed E-state index contributed by atoms with van der Waals surface area (Å²) in [7, 11) is 1.29. The maximum Gasteiger partial charge on any atom is 0.408 e. The van der Waals surface area contributed by atoms with Crippen molar-refractivity contribution in [2.24, 2.45) is 0 Å². The zero-order valence-electron chi connectivity index (χ0n) is 16.9. The van der Waals surface area contributed by atoms with Crippen LogP contribution >= 0.6 is 0 Å². The number of ether oxygens (including phenoxy) is 2. The van der Waals surface area contributed by atoms with Crippen molar-refractivity contribution >= 4 is 18.0 Å². The van der Waals surface area contributed by atoms with E-state index in [9.17, 15) is 19.5 Å². The summed E-state index contributed by atoms with van der Waals surface area (Å²) in [5, 5.41) is 13.6. The highest BCUT2D eigenvalue weighted by Crippen LogP contribution is 2.37. The van der Waals surface area contributed by atoms with Gasteiger partial charge in [-0.2, -0.15) is 0 Å². The number of esters is 1. The van der Waals surface area contributed by atoms with Crippen molar-refractivity contribution in [3.8, 4) is 0 Å². The normalized spacial score (nSPS) is 31.6. The molecule has 0 aromatic carbocycles. The molecule has 2 rings (SSSR count). The molecule has 2 fully saturated rings. The van der Waals surface area contributed by atoms with E-state index in [2.05, 4.69) is 5.32 Å². The van der Waals surface area contributed by atoms with Gasteiger partial charge in [-0.05, 0) is 59.3 Å². The van der Waals surface area contributed by atoms with E-state index >= 15 is 0 Å². The third kappa shape index (κ3) is 5.12. The lowest BCUT2D eigenvalue weighted by Crippen LogP contribution is -2.58. The predicted molar refractivity (Wildman–Crippen MR) is 97.9 cm³/mol. The molecule has 0 aliphatic carbocycles. The van der Waals surface area contributed by atoms with Gasteiger partial charge in [-0.1, -0.05) is 6.92 Å². The molecule has 2 saturated heterocycles. The third-order valence-electron chi connectivity index (χ3n) is 5.39. The fraction of sp³-hybridized carbons (Fsp3) is 0.842. The van der Waals surface area contributed by atoms with Crippen molar-refractivity contribution < 1.29 is 29.0 Å². The topological polar surface area (TPSA) is 105 Å². The molecule has 0 radical (unpaired) electrons. The largest absolute Gasteiger partial charge is 0.467 e. The number of alkyl carbamates (subject to hydrolysis) is 1. The van der Waals surface area contributed by atoms with Gasteiger partial charge in [0.15, 0.2) is 0 Å². The van der Waals surface area contributed by atoms with Crippen LogP contribution in [0.25, 0.3) is 0 Å². The average molecular weight is 384 g/mol. The van der Waals surface area contributed by atoms with Crippen molar-refractivity contribution in [1.29, 1.82) is 0 Å². The summed E-state index contributed by atoms with van der Waals surface area (Å²) in [6, 6.07) is -1.80. The molecule has 0 spiro atoms. The maximum absolute atomic E-state index is 13.2. The van der Waals surface area contributed by atoms with E-state index in [0.29, 0.717) is 32.1 Å². The second-order valence-electron chi connectivity index (χ2n) is 8.54. The molecule has 8 heteroatoms. The van der Waals surface area contributed by atoms with Gasteiger partial charge in [-0.3, -0.25) is 4.79 Å². The van der Waals surface area contributed by atoms with Crippen LogP contribution in [0.2, 0.25) is 0 Å². The van der Waals surface area contributed by atoms with Crippen LogP contribution in [0.1, 0.15) is 66.2 Å². The highest BCUT2D eigenvalue weighted by atomic mass is 16.6. The van der Waals surface area contributed by atoms with Gasteiger partial charge in [0.1, 0.15) is 17.7 Å². The number of nitrogens with one attached hydrogen (secondary N) is 1. The number of methoxy groups -OCH3 is 1. The zero-order valence-corrected chi connectivity index (χ0v) is 16.9. The Hall–Kier alpha value is -1.83.